The molecule has 144 valence electrons. The number of aliphatic carboxylic acids is 1. The van der Waals surface area contributed by atoms with E-state index in [0.717, 1.165) is 6.42 Å². The Balaban J connectivity index is 0. The van der Waals surface area contributed by atoms with Gasteiger partial charge in [0.15, 0.2) is 6.61 Å². The number of carbonyl (C=O) groups excluding carboxylic acids is 1. The van der Waals surface area contributed by atoms with E-state index in [1.165, 1.54) is 71.1 Å². The molecule has 0 aromatic rings. The maximum absolute atomic E-state index is 10.3. The molecule has 0 radical (unpaired) electrons. The van der Waals surface area contributed by atoms with E-state index in [-0.39, 0.29) is 0 Å². The molecule has 0 aliphatic heterocycles. The molecule has 0 saturated heterocycles. The summed E-state index contributed by atoms with van der Waals surface area (Å²) in [6, 6.07) is 0. The Labute approximate surface area is 146 Å². The van der Waals surface area contributed by atoms with Crippen LogP contribution in [0, 0.1) is 0 Å². The van der Waals surface area contributed by atoms with Crippen molar-refractivity contribution in [2.24, 2.45) is 0 Å². The van der Waals surface area contributed by atoms with E-state index < -0.39 is 24.6 Å². The third-order valence-corrected chi connectivity index (χ3v) is 3.44. The number of carbonyl (C=O) groups is 2. The molecule has 0 saturated carbocycles. The third-order valence-electron chi connectivity index (χ3n) is 3.44. The molecule has 0 aromatic heterocycles. The molecule has 3 N–H and O–H groups in total. The van der Waals surface area contributed by atoms with Crippen LogP contribution in [0.25, 0.3) is 0 Å². The zero-order valence-electron chi connectivity index (χ0n) is 15.3. The van der Waals surface area contributed by atoms with Crippen molar-refractivity contribution >= 4 is 11.9 Å². The summed E-state index contributed by atoms with van der Waals surface area (Å²) in [6.07, 6.45) is 13.5. The Bertz CT molecular complexity index is 279. The van der Waals surface area contributed by atoms with Crippen molar-refractivity contribution in [2.45, 2.75) is 90.6 Å². The first kappa shape index (κ1) is 25.1. The van der Waals surface area contributed by atoms with Gasteiger partial charge in [-0.05, 0) is 13.3 Å². The van der Waals surface area contributed by atoms with Crippen molar-refractivity contribution in [3.05, 3.63) is 0 Å². The lowest BCUT2D eigenvalue weighted by Crippen LogP contribution is -2.22. The summed E-state index contributed by atoms with van der Waals surface area (Å²) in [5, 5.41) is 25.0. The first-order chi connectivity index (χ1) is 11.5. The number of hydrogen-bond donors (Lipinski definition) is 3. The number of rotatable bonds is 14. The lowest BCUT2D eigenvalue weighted by molar-refractivity contribution is -0.160. The van der Waals surface area contributed by atoms with Crippen LogP contribution in [0.3, 0.4) is 0 Å². The van der Waals surface area contributed by atoms with Crippen LogP contribution in [0.1, 0.15) is 84.5 Å². The SMILES string of the molecule is CC(O)C(=O)OCC(=O)O.CCCCCCCCCCCCCO. The molecule has 0 amide bonds. The Morgan fingerprint density at radius 2 is 1.29 bits per heavy atom. The number of carboxylic acids is 1. The van der Waals surface area contributed by atoms with Gasteiger partial charge in [-0.2, -0.15) is 0 Å². The topological polar surface area (TPSA) is 104 Å². The summed E-state index contributed by atoms with van der Waals surface area (Å²) in [7, 11) is 0. The summed E-state index contributed by atoms with van der Waals surface area (Å²) >= 11 is 0. The first-order valence-electron chi connectivity index (χ1n) is 9.13. The fraction of sp³-hybridized carbons (Fsp3) is 0.889. The Hall–Kier alpha value is -1.14. The Morgan fingerprint density at radius 1 is 0.875 bits per heavy atom. The molecule has 0 aromatic carbocycles. The molecule has 1 atom stereocenters. The van der Waals surface area contributed by atoms with Crippen LogP contribution in [0.15, 0.2) is 0 Å². The molecule has 0 aliphatic rings. The molecule has 0 heterocycles. The van der Waals surface area contributed by atoms with Crippen LogP contribution < -0.4 is 0 Å². The number of ether oxygens (including phenoxy) is 1. The summed E-state index contributed by atoms with van der Waals surface area (Å²) in [6.45, 7) is 3.13. The van der Waals surface area contributed by atoms with Gasteiger partial charge in [0.2, 0.25) is 0 Å². The van der Waals surface area contributed by atoms with E-state index in [1.807, 2.05) is 0 Å². The minimum Gasteiger partial charge on any atom is -0.479 e. The zero-order valence-corrected chi connectivity index (χ0v) is 15.3. The lowest BCUT2D eigenvalue weighted by Gasteiger charge is -2.01. The lowest BCUT2D eigenvalue weighted by atomic mass is 10.1. The van der Waals surface area contributed by atoms with Crippen molar-refractivity contribution in [3.8, 4) is 0 Å². The minimum atomic E-state index is -1.26. The summed E-state index contributed by atoms with van der Waals surface area (Å²) in [4.78, 5) is 20.1. The summed E-state index contributed by atoms with van der Waals surface area (Å²) in [5.74, 6) is -2.17. The maximum Gasteiger partial charge on any atom is 0.341 e. The van der Waals surface area contributed by atoms with E-state index in [1.54, 1.807) is 0 Å². The molecule has 0 aliphatic carbocycles. The fourth-order valence-corrected chi connectivity index (χ4v) is 2.03. The van der Waals surface area contributed by atoms with Crippen molar-refractivity contribution in [3.63, 3.8) is 0 Å². The number of esters is 1. The number of aliphatic hydroxyl groups excluding tert-OH is 2. The Morgan fingerprint density at radius 3 is 1.62 bits per heavy atom. The maximum atomic E-state index is 10.3. The van der Waals surface area contributed by atoms with Crippen LogP contribution in [0.2, 0.25) is 0 Å². The largest absolute Gasteiger partial charge is 0.479 e. The molecule has 24 heavy (non-hydrogen) atoms. The van der Waals surface area contributed by atoms with Gasteiger partial charge in [-0.1, -0.05) is 71.1 Å². The van der Waals surface area contributed by atoms with Gasteiger partial charge in [0, 0.05) is 6.61 Å². The second-order valence-electron chi connectivity index (χ2n) is 5.94. The molecular weight excluding hydrogens is 312 g/mol. The van der Waals surface area contributed by atoms with Crippen molar-refractivity contribution in [1.29, 1.82) is 0 Å². The molecule has 0 fully saturated rings. The predicted octanol–water partition coefficient (Wildman–Crippen LogP) is 3.28. The van der Waals surface area contributed by atoms with Crippen LogP contribution in [0.4, 0.5) is 0 Å². The van der Waals surface area contributed by atoms with Crippen LogP contribution in [-0.4, -0.2) is 46.6 Å². The van der Waals surface area contributed by atoms with Crippen molar-refractivity contribution < 1.29 is 29.6 Å². The van der Waals surface area contributed by atoms with Crippen molar-refractivity contribution in [1.82, 2.24) is 0 Å². The number of aliphatic hydroxyl groups is 2. The minimum absolute atomic E-state index is 0.372. The number of hydrogen-bond acceptors (Lipinski definition) is 5. The second-order valence-corrected chi connectivity index (χ2v) is 5.94. The standard InChI is InChI=1S/C13H28O.C5H8O5/c1-2-3-4-5-6-7-8-9-10-11-12-13-14;1-3(6)5(9)10-2-4(7)8/h14H,2-13H2,1H3;3,6H,2H2,1H3,(H,7,8). The average molecular weight is 348 g/mol. The van der Waals surface area contributed by atoms with Gasteiger partial charge < -0.3 is 20.1 Å². The van der Waals surface area contributed by atoms with E-state index in [0.29, 0.717) is 6.61 Å². The second kappa shape index (κ2) is 19.9. The van der Waals surface area contributed by atoms with Gasteiger partial charge in [-0.3, -0.25) is 0 Å². The average Bonchev–Trinajstić information content (AvgIpc) is 2.55. The van der Waals surface area contributed by atoms with E-state index >= 15 is 0 Å². The molecule has 1 unspecified atom stereocenters. The smallest absolute Gasteiger partial charge is 0.341 e. The zero-order chi connectivity index (χ0) is 18.6. The summed E-state index contributed by atoms with van der Waals surface area (Å²) in [5.41, 5.74) is 0. The molecule has 0 spiro atoms. The molecule has 0 rings (SSSR count). The van der Waals surface area contributed by atoms with Gasteiger partial charge in [0.05, 0.1) is 0 Å². The first-order valence-corrected chi connectivity index (χ1v) is 9.13. The highest BCUT2D eigenvalue weighted by Gasteiger charge is 2.11. The normalized spacial score (nSPS) is 11.3. The van der Waals surface area contributed by atoms with Gasteiger partial charge in [0.25, 0.3) is 0 Å². The van der Waals surface area contributed by atoms with Crippen LogP contribution in [-0.2, 0) is 14.3 Å². The predicted molar refractivity (Wildman–Crippen MR) is 93.8 cm³/mol. The summed E-state index contributed by atoms with van der Waals surface area (Å²) < 4.78 is 4.08. The van der Waals surface area contributed by atoms with Crippen LogP contribution in [0.5, 0.6) is 0 Å². The van der Waals surface area contributed by atoms with Crippen LogP contribution >= 0.6 is 0 Å². The number of unbranched alkanes of at least 4 members (excludes halogenated alkanes) is 10. The molecule has 6 nitrogen and oxygen atoms in total. The fourth-order valence-electron chi connectivity index (χ4n) is 2.03. The highest BCUT2D eigenvalue weighted by atomic mass is 16.6. The highest BCUT2D eigenvalue weighted by molar-refractivity contribution is 5.77. The van der Waals surface area contributed by atoms with E-state index in [2.05, 4.69) is 11.7 Å². The number of carboxylic acid groups (broad SMARTS) is 1. The monoisotopic (exact) mass is 348 g/mol. The van der Waals surface area contributed by atoms with Gasteiger partial charge >= 0.3 is 11.9 Å². The van der Waals surface area contributed by atoms with Gasteiger partial charge in [-0.25, -0.2) is 9.59 Å². The molecular formula is C18H36O6. The third kappa shape index (κ3) is 23.1. The van der Waals surface area contributed by atoms with Crippen molar-refractivity contribution in [2.75, 3.05) is 13.2 Å². The molecule has 6 heteroatoms. The van der Waals surface area contributed by atoms with Gasteiger partial charge in [-0.15, -0.1) is 0 Å². The Kier molecular flexibility index (Phi) is 20.8. The quantitative estimate of drug-likeness (QED) is 0.329. The van der Waals surface area contributed by atoms with Gasteiger partial charge in [0.1, 0.15) is 6.10 Å². The van der Waals surface area contributed by atoms with E-state index in [4.69, 9.17) is 15.3 Å². The highest BCUT2D eigenvalue weighted by Crippen LogP contribution is 2.10. The molecule has 0 bridgehead atoms. The van der Waals surface area contributed by atoms with E-state index in [9.17, 15) is 9.59 Å².